The molecule has 1 unspecified atom stereocenters. The average molecular weight is 375 g/mol. The Hall–Kier alpha value is -0.430. The normalized spacial score (nSPS) is 19.9. The Labute approximate surface area is 136 Å². The third-order valence-electron chi connectivity index (χ3n) is 3.89. The van der Waals surface area contributed by atoms with Gasteiger partial charge in [-0.2, -0.15) is 4.31 Å². The Morgan fingerprint density at radius 2 is 2.14 bits per heavy atom. The lowest BCUT2D eigenvalue weighted by Crippen LogP contribution is -2.45. The second kappa shape index (κ2) is 7.22. The number of hydrogen-bond acceptors (Lipinski definition) is 3. The monoisotopic (exact) mass is 374 g/mol. The highest BCUT2D eigenvalue weighted by Gasteiger charge is 2.28. The third-order valence-corrected chi connectivity index (χ3v) is 6.81. The smallest absolute Gasteiger partial charge is 0.244 e. The summed E-state index contributed by atoms with van der Waals surface area (Å²) < 4.78 is 27.9. The SMILES string of the molecule is CCN(CC1CCCCN1)S(=O)(=O)c1ccc(C)cc1Br. The topological polar surface area (TPSA) is 49.4 Å². The van der Waals surface area contributed by atoms with Gasteiger partial charge in [0.05, 0.1) is 4.90 Å². The molecule has 21 heavy (non-hydrogen) atoms. The number of benzene rings is 1. The molecule has 1 aliphatic rings. The first kappa shape index (κ1) is 16.9. The molecule has 0 aromatic heterocycles. The number of piperidine rings is 1. The molecule has 1 N–H and O–H groups in total. The zero-order chi connectivity index (χ0) is 15.5. The summed E-state index contributed by atoms with van der Waals surface area (Å²) in [5, 5.41) is 3.41. The van der Waals surface area contributed by atoms with Crippen LogP contribution in [0.15, 0.2) is 27.6 Å². The van der Waals surface area contributed by atoms with Gasteiger partial charge in [0.15, 0.2) is 0 Å². The Morgan fingerprint density at radius 3 is 2.71 bits per heavy atom. The molecule has 1 aromatic carbocycles. The molecular formula is C15H23BrN2O2S. The Bertz CT molecular complexity index is 583. The first-order valence-corrected chi connectivity index (χ1v) is 9.68. The molecule has 1 fully saturated rings. The largest absolute Gasteiger partial charge is 0.313 e. The molecule has 4 nitrogen and oxygen atoms in total. The summed E-state index contributed by atoms with van der Waals surface area (Å²) in [4.78, 5) is 0.353. The summed E-state index contributed by atoms with van der Waals surface area (Å²) in [6, 6.07) is 5.63. The first-order valence-electron chi connectivity index (χ1n) is 7.45. The van der Waals surface area contributed by atoms with Gasteiger partial charge in [-0.25, -0.2) is 8.42 Å². The van der Waals surface area contributed by atoms with Crippen LogP contribution in [0.3, 0.4) is 0 Å². The van der Waals surface area contributed by atoms with Crippen molar-refractivity contribution in [2.75, 3.05) is 19.6 Å². The lowest BCUT2D eigenvalue weighted by Gasteiger charge is -2.29. The van der Waals surface area contributed by atoms with E-state index in [1.165, 1.54) is 12.8 Å². The highest BCUT2D eigenvalue weighted by molar-refractivity contribution is 9.10. The molecular weight excluding hydrogens is 352 g/mol. The molecule has 0 saturated carbocycles. The second-order valence-electron chi connectivity index (χ2n) is 5.54. The summed E-state index contributed by atoms with van der Waals surface area (Å²) in [5.74, 6) is 0. The third kappa shape index (κ3) is 4.06. The average Bonchev–Trinajstić information content (AvgIpc) is 2.45. The van der Waals surface area contributed by atoms with Gasteiger partial charge >= 0.3 is 0 Å². The minimum atomic E-state index is -3.45. The van der Waals surface area contributed by atoms with Crippen molar-refractivity contribution in [2.24, 2.45) is 0 Å². The molecule has 0 amide bonds. The van der Waals surface area contributed by atoms with E-state index in [1.54, 1.807) is 10.4 Å². The van der Waals surface area contributed by atoms with Crippen molar-refractivity contribution in [2.45, 2.75) is 44.0 Å². The highest BCUT2D eigenvalue weighted by atomic mass is 79.9. The summed E-state index contributed by atoms with van der Waals surface area (Å²) in [5.41, 5.74) is 1.04. The fraction of sp³-hybridized carbons (Fsp3) is 0.600. The molecule has 0 spiro atoms. The molecule has 118 valence electrons. The Balaban J connectivity index is 2.22. The minimum Gasteiger partial charge on any atom is -0.313 e. The van der Waals surface area contributed by atoms with E-state index in [0.29, 0.717) is 22.5 Å². The predicted octanol–water partition coefficient (Wildman–Crippen LogP) is 2.91. The number of nitrogens with zero attached hydrogens (tertiary/aromatic N) is 1. The predicted molar refractivity (Wildman–Crippen MR) is 89.0 cm³/mol. The lowest BCUT2D eigenvalue weighted by atomic mass is 10.1. The van der Waals surface area contributed by atoms with Crippen LogP contribution in [0.5, 0.6) is 0 Å². The van der Waals surface area contributed by atoms with Crippen LogP contribution in [0.1, 0.15) is 31.7 Å². The maximum absolute atomic E-state index is 12.8. The van der Waals surface area contributed by atoms with E-state index in [4.69, 9.17) is 0 Å². The van der Waals surface area contributed by atoms with Gasteiger partial charge in [0.1, 0.15) is 0 Å². The molecule has 0 bridgehead atoms. The van der Waals surface area contributed by atoms with E-state index in [0.717, 1.165) is 18.5 Å². The van der Waals surface area contributed by atoms with Crippen LogP contribution in [0.25, 0.3) is 0 Å². The molecule has 2 rings (SSSR count). The zero-order valence-corrected chi connectivity index (χ0v) is 15.0. The van der Waals surface area contributed by atoms with Crippen molar-refractivity contribution in [1.82, 2.24) is 9.62 Å². The van der Waals surface area contributed by atoms with Gasteiger partial charge in [-0.1, -0.05) is 19.4 Å². The van der Waals surface area contributed by atoms with Gasteiger partial charge in [-0.3, -0.25) is 0 Å². The number of halogens is 1. The summed E-state index contributed by atoms with van der Waals surface area (Å²) in [7, 11) is -3.45. The van der Waals surface area contributed by atoms with E-state index < -0.39 is 10.0 Å². The summed E-state index contributed by atoms with van der Waals surface area (Å²) >= 11 is 3.38. The molecule has 1 aromatic rings. The number of likely N-dealkylation sites (N-methyl/N-ethyl adjacent to an activating group) is 1. The van der Waals surface area contributed by atoms with Crippen molar-refractivity contribution in [1.29, 1.82) is 0 Å². The van der Waals surface area contributed by atoms with Gasteiger partial charge in [0.2, 0.25) is 10.0 Å². The van der Waals surface area contributed by atoms with Crippen LogP contribution in [-0.4, -0.2) is 38.4 Å². The van der Waals surface area contributed by atoms with Crippen LogP contribution < -0.4 is 5.32 Å². The van der Waals surface area contributed by atoms with Crippen LogP contribution in [0, 0.1) is 6.92 Å². The van der Waals surface area contributed by atoms with Gasteiger partial charge < -0.3 is 5.32 Å². The fourth-order valence-electron chi connectivity index (χ4n) is 2.68. The number of hydrogen-bond donors (Lipinski definition) is 1. The molecule has 1 aliphatic heterocycles. The van der Waals surface area contributed by atoms with Crippen molar-refractivity contribution in [3.05, 3.63) is 28.2 Å². The van der Waals surface area contributed by atoms with E-state index >= 15 is 0 Å². The van der Waals surface area contributed by atoms with Gasteiger partial charge in [0.25, 0.3) is 0 Å². The molecule has 1 saturated heterocycles. The Morgan fingerprint density at radius 1 is 1.38 bits per heavy atom. The Kier molecular flexibility index (Phi) is 5.82. The van der Waals surface area contributed by atoms with Gasteiger partial charge in [0, 0.05) is 23.6 Å². The summed E-state index contributed by atoms with van der Waals surface area (Å²) in [6.07, 6.45) is 3.39. The van der Waals surface area contributed by atoms with Crippen molar-refractivity contribution >= 4 is 26.0 Å². The maximum Gasteiger partial charge on any atom is 0.244 e. The van der Waals surface area contributed by atoms with Crippen molar-refractivity contribution < 1.29 is 8.42 Å². The molecule has 6 heteroatoms. The standard InChI is InChI=1S/C15H23BrN2O2S/c1-3-18(11-13-6-4-5-9-17-13)21(19,20)15-8-7-12(2)10-14(15)16/h7-8,10,13,17H,3-6,9,11H2,1-2H3. The number of sulfonamides is 1. The number of nitrogens with one attached hydrogen (secondary N) is 1. The van der Waals surface area contributed by atoms with E-state index in [-0.39, 0.29) is 6.04 Å². The minimum absolute atomic E-state index is 0.262. The van der Waals surface area contributed by atoms with Crippen molar-refractivity contribution in [3.63, 3.8) is 0 Å². The van der Waals surface area contributed by atoms with Gasteiger partial charge in [-0.15, -0.1) is 0 Å². The molecule has 0 radical (unpaired) electrons. The quantitative estimate of drug-likeness (QED) is 0.861. The van der Waals surface area contributed by atoms with Crippen molar-refractivity contribution in [3.8, 4) is 0 Å². The second-order valence-corrected chi connectivity index (χ2v) is 8.30. The fourth-order valence-corrected chi connectivity index (χ4v) is 5.32. The van der Waals surface area contributed by atoms with Gasteiger partial charge in [-0.05, 0) is 59.9 Å². The molecule has 1 heterocycles. The van der Waals surface area contributed by atoms with E-state index in [9.17, 15) is 8.42 Å². The summed E-state index contributed by atoms with van der Waals surface area (Å²) in [6.45, 7) is 5.85. The van der Waals surface area contributed by atoms with Crippen LogP contribution in [-0.2, 0) is 10.0 Å². The molecule has 1 atom stereocenters. The maximum atomic E-state index is 12.8. The zero-order valence-electron chi connectivity index (χ0n) is 12.6. The van der Waals surface area contributed by atoms with E-state index in [2.05, 4.69) is 21.2 Å². The first-order chi connectivity index (χ1) is 9.95. The molecule has 0 aliphatic carbocycles. The van der Waals surface area contributed by atoms with Crippen LogP contribution >= 0.6 is 15.9 Å². The van der Waals surface area contributed by atoms with Crippen LogP contribution in [0.4, 0.5) is 0 Å². The number of aryl methyl sites for hydroxylation is 1. The highest BCUT2D eigenvalue weighted by Crippen LogP contribution is 2.26. The van der Waals surface area contributed by atoms with E-state index in [1.807, 2.05) is 26.0 Å². The number of rotatable bonds is 5. The lowest BCUT2D eigenvalue weighted by molar-refractivity contribution is 0.319. The van der Waals surface area contributed by atoms with Crippen LogP contribution in [0.2, 0.25) is 0 Å².